The van der Waals surface area contributed by atoms with Crippen LogP contribution in [0, 0.1) is 0 Å². The van der Waals surface area contributed by atoms with Crippen molar-refractivity contribution >= 4 is 11.9 Å². The molecule has 0 spiro atoms. The molecule has 0 bridgehead atoms. The predicted molar refractivity (Wildman–Crippen MR) is 251 cm³/mol. The summed E-state index contributed by atoms with van der Waals surface area (Å²) in [4.78, 5) is 24.4. The number of ether oxygens (including phenoxy) is 2. The van der Waals surface area contributed by atoms with Crippen molar-refractivity contribution in [2.75, 3.05) is 13.2 Å². The van der Waals surface area contributed by atoms with Crippen molar-refractivity contribution in [2.24, 2.45) is 0 Å². The number of unbranched alkanes of at least 4 members (excludes halogenated alkanes) is 36. The summed E-state index contributed by atoms with van der Waals surface area (Å²) in [5.74, 6) is -0.592. The van der Waals surface area contributed by atoms with E-state index in [1.165, 1.54) is 205 Å². The Kier molecular flexibility index (Phi) is 48.4. The average molecular weight is 817 g/mol. The number of carbonyl (C=O) groups excluding carboxylic acids is 2. The number of rotatable bonds is 48. The fourth-order valence-electron chi connectivity index (χ4n) is 7.82. The Hall–Kier alpha value is -1.62. The van der Waals surface area contributed by atoms with E-state index < -0.39 is 6.10 Å². The van der Waals surface area contributed by atoms with E-state index in [-0.39, 0.29) is 25.2 Å². The highest BCUT2D eigenvalue weighted by Crippen LogP contribution is 2.17. The molecule has 1 atom stereocenters. The molecular formula is C53H100O5. The van der Waals surface area contributed by atoms with Crippen LogP contribution in [0.3, 0.4) is 0 Å². The number of allylic oxidation sites excluding steroid dienone is 4. The third-order valence-electron chi connectivity index (χ3n) is 11.7. The molecule has 5 heteroatoms. The van der Waals surface area contributed by atoms with E-state index in [1.807, 2.05) is 0 Å². The first-order valence-electron chi connectivity index (χ1n) is 25.9. The van der Waals surface area contributed by atoms with Gasteiger partial charge in [0.05, 0.1) is 6.61 Å². The molecule has 1 N–H and O–H groups in total. The maximum atomic E-state index is 12.2. The molecule has 342 valence electrons. The van der Waals surface area contributed by atoms with E-state index in [1.54, 1.807) is 0 Å². The van der Waals surface area contributed by atoms with E-state index in [0.717, 1.165) is 51.4 Å². The SMILES string of the molecule is CCCCCC/C=C\C/C=C\CCCCCCCC(=O)OC(CO)COC(=O)CCCCCCCCCCCCCCCCCCCCCCCCCCCCCC. The van der Waals surface area contributed by atoms with Crippen LogP contribution < -0.4 is 0 Å². The average Bonchev–Trinajstić information content (AvgIpc) is 3.23. The molecule has 58 heavy (non-hydrogen) atoms. The zero-order valence-corrected chi connectivity index (χ0v) is 39.1. The Bertz CT molecular complexity index is 882. The largest absolute Gasteiger partial charge is 0.462 e. The van der Waals surface area contributed by atoms with Gasteiger partial charge in [0.25, 0.3) is 0 Å². The van der Waals surface area contributed by atoms with Crippen molar-refractivity contribution in [1.82, 2.24) is 0 Å². The van der Waals surface area contributed by atoms with Gasteiger partial charge in [-0.2, -0.15) is 0 Å². The second kappa shape index (κ2) is 49.7. The Labute approximate surface area is 362 Å². The van der Waals surface area contributed by atoms with E-state index in [0.29, 0.717) is 12.8 Å². The summed E-state index contributed by atoms with van der Waals surface area (Å²) in [5.41, 5.74) is 0. The lowest BCUT2D eigenvalue weighted by Gasteiger charge is -2.15. The molecule has 0 aromatic carbocycles. The molecule has 0 fully saturated rings. The zero-order valence-electron chi connectivity index (χ0n) is 39.1. The van der Waals surface area contributed by atoms with Crippen molar-refractivity contribution in [3.05, 3.63) is 24.3 Å². The normalized spacial score (nSPS) is 12.3. The van der Waals surface area contributed by atoms with Gasteiger partial charge in [-0.3, -0.25) is 9.59 Å². The van der Waals surface area contributed by atoms with Gasteiger partial charge in [-0.05, 0) is 44.9 Å². The molecule has 0 aromatic rings. The molecular weight excluding hydrogens is 717 g/mol. The zero-order chi connectivity index (χ0) is 42.1. The van der Waals surface area contributed by atoms with Crippen LogP contribution in [0.2, 0.25) is 0 Å². The van der Waals surface area contributed by atoms with Crippen molar-refractivity contribution in [3.63, 3.8) is 0 Å². The molecule has 0 aliphatic rings. The maximum absolute atomic E-state index is 12.2. The number of carbonyl (C=O) groups is 2. The van der Waals surface area contributed by atoms with Gasteiger partial charge in [0.2, 0.25) is 0 Å². The Balaban J connectivity index is 3.43. The summed E-state index contributed by atoms with van der Waals surface area (Å²) < 4.78 is 10.7. The minimum absolute atomic E-state index is 0.0666. The lowest BCUT2D eigenvalue weighted by Crippen LogP contribution is -2.28. The molecule has 0 saturated carbocycles. The van der Waals surface area contributed by atoms with Crippen LogP contribution in [0.4, 0.5) is 0 Å². The molecule has 0 aliphatic carbocycles. The first-order valence-corrected chi connectivity index (χ1v) is 25.9. The van der Waals surface area contributed by atoms with Gasteiger partial charge in [-0.1, -0.05) is 250 Å². The quantitative estimate of drug-likeness (QED) is 0.0376. The smallest absolute Gasteiger partial charge is 0.306 e. The number of aliphatic hydroxyl groups is 1. The highest BCUT2D eigenvalue weighted by molar-refractivity contribution is 5.70. The van der Waals surface area contributed by atoms with Gasteiger partial charge in [-0.15, -0.1) is 0 Å². The molecule has 1 unspecified atom stereocenters. The molecule has 0 saturated heterocycles. The van der Waals surface area contributed by atoms with Crippen LogP contribution in [0.15, 0.2) is 24.3 Å². The lowest BCUT2D eigenvalue weighted by atomic mass is 10.0. The molecule has 0 amide bonds. The second-order valence-electron chi connectivity index (χ2n) is 17.6. The summed E-state index contributed by atoms with van der Waals surface area (Å²) in [7, 11) is 0. The fraction of sp³-hybridized carbons (Fsp3) is 0.887. The molecule has 5 nitrogen and oxygen atoms in total. The van der Waals surface area contributed by atoms with E-state index in [4.69, 9.17) is 9.47 Å². The minimum atomic E-state index is -0.775. The van der Waals surface area contributed by atoms with Crippen molar-refractivity contribution in [3.8, 4) is 0 Å². The van der Waals surface area contributed by atoms with Crippen molar-refractivity contribution < 1.29 is 24.2 Å². The highest BCUT2D eigenvalue weighted by atomic mass is 16.6. The summed E-state index contributed by atoms with van der Waals surface area (Å²) in [6.07, 6.45) is 61.4. The molecule has 0 rings (SSSR count). The van der Waals surface area contributed by atoms with Crippen LogP contribution in [0.5, 0.6) is 0 Å². The Morgan fingerprint density at radius 2 is 0.690 bits per heavy atom. The number of hydrogen-bond acceptors (Lipinski definition) is 5. The summed E-state index contributed by atoms with van der Waals surface area (Å²) in [6.45, 7) is 4.15. The maximum Gasteiger partial charge on any atom is 0.306 e. The van der Waals surface area contributed by atoms with Crippen molar-refractivity contribution in [1.29, 1.82) is 0 Å². The number of esters is 2. The third kappa shape index (κ3) is 47.1. The molecule has 0 aliphatic heterocycles. The van der Waals surface area contributed by atoms with Crippen molar-refractivity contribution in [2.45, 2.75) is 290 Å². The minimum Gasteiger partial charge on any atom is -0.462 e. The topological polar surface area (TPSA) is 72.8 Å². The number of aliphatic hydroxyl groups excluding tert-OH is 1. The van der Waals surface area contributed by atoms with Gasteiger partial charge < -0.3 is 14.6 Å². The molecule has 0 heterocycles. The molecule has 0 radical (unpaired) electrons. The first kappa shape index (κ1) is 56.4. The van der Waals surface area contributed by atoms with Gasteiger partial charge in [0, 0.05) is 12.8 Å². The fourth-order valence-corrected chi connectivity index (χ4v) is 7.82. The predicted octanol–water partition coefficient (Wildman–Crippen LogP) is 17.0. The standard InChI is InChI=1S/C53H100O5/c1-3-5-7-9-11-13-15-17-19-21-22-23-24-25-26-27-28-29-30-31-32-34-35-37-39-41-43-45-47-52(55)57-50-51(49-54)58-53(56)48-46-44-42-40-38-36-33-20-18-16-14-12-10-8-6-4-2/h14,16,20,33,51,54H,3-13,15,17-19,21-32,34-50H2,1-2H3/b16-14-,33-20-. The lowest BCUT2D eigenvalue weighted by molar-refractivity contribution is -0.161. The Morgan fingerprint density at radius 3 is 1.03 bits per heavy atom. The van der Waals surface area contributed by atoms with Gasteiger partial charge in [-0.25, -0.2) is 0 Å². The van der Waals surface area contributed by atoms with Crippen LogP contribution in [-0.4, -0.2) is 36.4 Å². The summed E-state index contributed by atoms with van der Waals surface area (Å²) >= 11 is 0. The van der Waals surface area contributed by atoms with E-state index >= 15 is 0 Å². The van der Waals surface area contributed by atoms with Crippen LogP contribution in [0.25, 0.3) is 0 Å². The first-order chi connectivity index (χ1) is 28.6. The Morgan fingerprint density at radius 1 is 0.397 bits per heavy atom. The van der Waals surface area contributed by atoms with E-state index in [2.05, 4.69) is 38.2 Å². The number of hydrogen-bond donors (Lipinski definition) is 1. The third-order valence-corrected chi connectivity index (χ3v) is 11.7. The second-order valence-corrected chi connectivity index (χ2v) is 17.6. The van der Waals surface area contributed by atoms with Gasteiger partial charge >= 0.3 is 11.9 Å². The molecule has 0 aromatic heterocycles. The van der Waals surface area contributed by atoms with Crippen LogP contribution >= 0.6 is 0 Å². The summed E-state index contributed by atoms with van der Waals surface area (Å²) in [6, 6.07) is 0. The van der Waals surface area contributed by atoms with E-state index in [9.17, 15) is 14.7 Å². The summed E-state index contributed by atoms with van der Waals surface area (Å²) in [5, 5.41) is 9.61. The van der Waals surface area contributed by atoms with Crippen LogP contribution in [-0.2, 0) is 19.1 Å². The van der Waals surface area contributed by atoms with Crippen LogP contribution in [0.1, 0.15) is 284 Å². The van der Waals surface area contributed by atoms with Gasteiger partial charge in [0.1, 0.15) is 6.61 Å². The van der Waals surface area contributed by atoms with Gasteiger partial charge in [0.15, 0.2) is 6.10 Å². The highest BCUT2D eigenvalue weighted by Gasteiger charge is 2.16. The monoisotopic (exact) mass is 817 g/mol.